The molecule has 1 atom stereocenters. The van der Waals surface area contributed by atoms with Crippen LogP contribution in [0.2, 0.25) is 10.0 Å². The third kappa shape index (κ3) is 7.24. The van der Waals surface area contributed by atoms with Crippen molar-refractivity contribution >= 4 is 50.7 Å². The molecule has 0 aliphatic heterocycles. The predicted octanol–water partition coefficient (Wildman–Crippen LogP) is 5.27. The van der Waals surface area contributed by atoms with Crippen LogP contribution in [0, 0.1) is 5.82 Å². The Morgan fingerprint density at radius 2 is 1.66 bits per heavy atom. The monoisotopic (exact) mass is 579 g/mol. The number of halogens is 3. The van der Waals surface area contributed by atoms with E-state index in [0.717, 1.165) is 4.31 Å². The quantitative estimate of drug-likeness (QED) is 0.335. The molecule has 38 heavy (non-hydrogen) atoms. The SMILES string of the molecule is CCCNC(=O)C(C)N(Cc1ccc(F)cc1)C(=O)CN(c1cc(Cl)ccc1Cl)S(=O)(=O)c1ccccc1. The predicted molar refractivity (Wildman–Crippen MR) is 147 cm³/mol. The highest BCUT2D eigenvalue weighted by Gasteiger charge is 2.33. The van der Waals surface area contributed by atoms with E-state index in [1.807, 2.05) is 6.92 Å². The molecule has 3 aromatic carbocycles. The zero-order valence-electron chi connectivity index (χ0n) is 20.9. The Balaban J connectivity index is 2.04. The molecule has 1 N–H and O–H groups in total. The molecule has 0 aliphatic carbocycles. The third-order valence-corrected chi connectivity index (χ3v) is 8.10. The summed E-state index contributed by atoms with van der Waals surface area (Å²) in [5, 5.41) is 3.05. The molecule has 0 aromatic heterocycles. The van der Waals surface area contributed by atoms with E-state index in [2.05, 4.69) is 5.32 Å². The molecule has 0 spiro atoms. The maximum absolute atomic E-state index is 13.8. The summed E-state index contributed by atoms with van der Waals surface area (Å²) in [5.74, 6) is -1.51. The summed E-state index contributed by atoms with van der Waals surface area (Å²) in [6.45, 7) is 3.14. The summed E-state index contributed by atoms with van der Waals surface area (Å²) >= 11 is 12.5. The van der Waals surface area contributed by atoms with E-state index in [-0.39, 0.29) is 27.2 Å². The lowest BCUT2D eigenvalue weighted by Gasteiger charge is -2.32. The van der Waals surface area contributed by atoms with Gasteiger partial charge in [0.25, 0.3) is 10.0 Å². The highest BCUT2D eigenvalue weighted by Crippen LogP contribution is 2.33. The van der Waals surface area contributed by atoms with E-state index in [0.29, 0.717) is 18.5 Å². The number of amides is 2. The summed E-state index contributed by atoms with van der Waals surface area (Å²) in [7, 11) is -4.27. The molecule has 0 fully saturated rings. The van der Waals surface area contributed by atoms with Crippen molar-refractivity contribution in [1.29, 1.82) is 0 Å². The lowest BCUT2D eigenvalue weighted by Crippen LogP contribution is -2.51. The zero-order chi connectivity index (χ0) is 27.9. The van der Waals surface area contributed by atoms with Crippen LogP contribution in [-0.4, -0.2) is 44.3 Å². The highest BCUT2D eigenvalue weighted by molar-refractivity contribution is 7.92. The van der Waals surface area contributed by atoms with Crippen molar-refractivity contribution in [2.45, 2.75) is 37.8 Å². The maximum Gasteiger partial charge on any atom is 0.264 e. The average Bonchev–Trinajstić information content (AvgIpc) is 2.91. The molecule has 0 radical (unpaired) electrons. The molecule has 1 unspecified atom stereocenters. The number of hydrogen-bond acceptors (Lipinski definition) is 4. The summed E-state index contributed by atoms with van der Waals surface area (Å²) in [6.07, 6.45) is 0.695. The lowest BCUT2D eigenvalue weighted by atomic mass is 10.1. The van der Waals surface area contributed by atoms with Gasteiger partial charge in [0.2, 0.25) is 11.8 Å². The number of anilines is 1. The molecule has 0 saturated heterocycles. The molecule has 2 amide bonds. The fraction of sp³-hybridized carbons (Fsp3) is 0.259. The molecule has 0 saturated carbocycles. The number of sulfonamides is 1. The minimum Gasteiger partial charge on any atom is -0.354 e. The Labute approximate surface area is 232 Å². The van der Waals surface area contributed by atoms with Gasteiger partial charge < -0.3 is 10.2 Å². The number of nitrogens with zero attached hydrogens (tertiary/aromatic N) is 2. The Kier molecular flexibility index (Phi) is 10.1. The molecule has 7 nitrogen and oxygen atoms in total. The first-order valence-corrected chi connectivity index (χ1v) is 14.1. The minimum absolute atomic E-state index is 0.0150. The second-order valence-electron chi connectivity index (χ2n) is 8.54. The largest absolute Gasteiger partial charge is 0.354 e. The van der Waals surface area contributed by atoms with Crippen LogP contribution < -0.4 is 9.62 Å². The van der Waals surface area contributed by atoms with Gasteiger partial charge in [-0.2, -0.15) is 0 Å². The third-order valence-electron chi connectivity index (χ3n) is 5.77. The topological polar surface area (TPSA) is 86.8 Å². The van der Waals surface area contributed by atoms with E-state index in [1.54, 1.807) is 25.1 Å². The smallest absolute Gasteiger partial charge is 0.264 e. The Bertz CT molecular complexity index is 1370. The molecule has 202 valence electrons. The summed E-state index contributed by atoms with van der Waals surface area (Å²) in [4.78, 5) is 27.8. The molecule has 0 bridgehead atoms. The fourth-order valence-corrected chi connectivity index (χ4v) is 5.56. The van der Waals surface area contributed by atoms with Crippen LogP contribution in [0.3, 0.4) is 0 Å². The van der Waals surface area contributed by atoms with Gasteiger partial charge >= 0.3 is 0 Å². The van der Waals surface area contributed by atoms with Crippen molar-refractivity contribution in [3.05, 3.63) is 94.2 Å². The fourth-order valence-electron chi connectivity index (χ4n) is 3.68. The molecule has 3 rings (SSSR count). The molecule has 11 heteroatoms. The lowest BCUT2D eigenvalue weighted by molar-refractivity contribution is -0.139. The normalized spacial score (nSPS) is 12.0. The summed E-state index contributed by atoms with van der Waals surface area (Å²) < 4.78 is 41.8. The highest BCUT2D eigenvalue weighted by atomic mass is 35.5. The van der Waals surface area contributed by atoms with Crippen LogP contribution in [0.25, 0.3) is 0 Å². The second-order valence-corrected chi connectivity index (χ2v) is 11.2. The first kappa shape index (κ1) is 29.4. The van der Waals surface area contributed by atoms with Gasteiger partial charge in [0.05, 0.1) is 15.6 Å². The standard InChI is InChI=1S/C27H28Cl2FN3O4S/c1-3-15-31-27(35)19(2)32(17-20-9-12-22(30)13-10-20)26(34)18-33(25-16-21(28)11-14-24(25)29)38(36,37)23-7-5-4-6-8-23/h4-14,16,19H,3,15,17-18H2,1-2H3,(H,31,35). The number of hydrogen-bond donors (Lipinski definition) is 1. The molecule has 0 aliphatic rings. The van der Waals surface area contributed by atoms with Gasteiger partial charge in [-0.1, -0.05) is 60.5 Å². The maximum atomic E-state index is 13.8. The van der Waals surface area contributed by atoms with Crippen molar-refractivity contribution in [3.8, 4) is 0 Å². The molecular formula is C27H28Cl2FN3O4S. The van der Waals surface area contributed by atoms with Crippen LogP contribution in [-0.2, 0) is 26.2 Å². The molecular weight excluding hydrogens is 552 g/mol. The van der Waals surface area contributed by atoms with E-state index in [9.17, 15) is 22.4 Å². The van der Waals surface area contributed by atoms with E-state index in [4.69, 9.17) is 23.2 Å². The Morgan fingerprint density at radius 3 is 2.29 bits per heavy atom. The van der Waals surface area contributed by atoms with Gasteiger partial charge in [-0.05, 0) is 61.4 Å². The van der Waals surface area contributed by atoms with Gasteiger partial charge in [-0.25, -0.2) is 12.8 Å². The van der Waals surface area contributed by atoms with Gasteiger partial charge in [-0.3, -0.25) is 13.9 Å². The number of carbonyl (C=O) groups is 2. The summed E-state index contributed by atoms with van der Waals surface area (Å²) in [6, 6.07) is 16.5. The van der Waals surface area contributed by atoms with Gasteiger partial charge in [0.15, 0.2) is 0 Å². The minimum atomic E-state index is -4.27. The number of rotatable bonds is 11. The van der Waals surface area contributed by atoms with Crippen LogP contribution in [0.1, 0.15) is 25.8 Å². The van der Waals surface area contributed by atoms with Gasteiger partial charge in [-0.15, -0.1) is 0 Å². The first-order valence-electron chi connectivity index (χ1n) is 11.9. The Hall–Kier alpha value is -3.14. The number of carbonyl (C=O) groups excluding carboxylic acids is 2. The van der Waals surface area contributed by atoms with E-state index in [1.165, 1.54) is 59.5 Å². The first-order chi connectivity index (χ1) is 18.0. The number of benzene rings is 3. The zero-order valence-corrected chi connectivity index (χ0v) is 23.2. The van der Waals surface area contributed by atoms with Crippen molar-refractivity contribution < 1.29 is 22.4 Å². The second kappa shape index (κ2) is 13.1. The van der Waals surface area contributed by atoms with Gasteiger partial charge in [0.1, 0.15) is 18.4 Å². The summed E-state index contributed by atoms with van der Waals surface area (Å²) in [5.41, 5.74) is 0.578. The Morgan fingerprint density at radius 1 is 1.00 bits per heavy atom. The van der Waals surface area contributed by atoms with E-state index >= 15 is 0 Å². The van der Waals surface area contributed by atoms with Crippen LogP contribution >= 0.6 is 23.2 Å². The van der Waals surface area contributed by atoms with E-state index < -0.39 is 40.2 Å². The van der Waals surface area contributed by atoms with Crippen molar-refractivity contribution in [2.75, 3.05) is 17.4 Å². The molecule has 0 heterocycles. The van der Waals surface area contributed by atoms with Crippen LogP contribution in [0.4, 0.5) is 10.1 Å². The van der Waals surface area contributed by atoms with Crippen molar-refractivity contribution in [2.24, 2.45) is 0 Å². The van der Waals surface area contributed by atoms with Crippen molar-refractivity contribution in [3.63, 3.8) is 0 Å². The van der Waals surface area contributed by atoms with Crippen LogP contribution in [0.5, 0.6) is 0 Å². The molecule has 3 aromatic rings. The van der Waals surface area contributed by atoms with Gasteiger partial charge in [0, 0.05) is 18.1 Å². The number of nitrogens with one attached hydrogen (secondary N) is 1. The van der Waals surface area contributed by atoms with Crippen LogP contribution in [0.15, 0.2) is 77.7 Å². The average molecular weight is 581 g/mol. The van der Waals surface area contributed by atoms with Crippen molar-refractivity contribution in [1.82, 2.24) is 10.2 Å².